The number of aromatic amines is 1. The van der Waals surface area contributed by atoms with Gasteiger partial charge < -0.3 is 10.7 Å². The first-order valence-corrected chi connectivity index (χ1v) is 5.38. The Hall–Kier alpha value is -1.77. The number of nitrogens with zero attached hydrogens (tertiary/aromatic N) is 1. The summed E-state index contributed by atoms with van der Waals surface area (Å²) >= 11 is 0. The van der Waals surface area contributed by atoms with Gasteiger partial charge in [-0.05, 0) is 11.0 Å². The second-order valence-corrected chi connectivity index (χ2v) is 4.99. The lowest BCUT2D eigenvalue weighted by molar-refractivity contribution is 0.590. The Morgan fingerprint density at radius 3 is 2.19 bits per heavy atom. The molecule has 1 aromatic carbocycles. The van der Waals surface area contributed by atoms with Crippen LogP contribution in [0.1, 0.15) is 26.3 Å². The summed E-state index contributed by atoms with van der Waals surface area (Å²) in [4.78, 5) is 7.03. The molecule has 0 saturated carbocycles. The lowest BCUT2D eigenvalue weighted by Crippen LogP contribution is -2.10. The number of H-pyrrole nitrogens is 1. The minimum Gasteiger partial charge on any atom is -0.382 e. The van der Waals surface area contributed by atoms with Gasteiger partial charge in [0, 0.05) is 5.56 Å². The van der Waals surface area contributed by atoms with Crippen molar-refractivity contribution in [2.45, 2.75) is 26.2 Å². The van der Waals surface area contributed by atoms with Crippen molar-refractivity contribution in [2.75, 3.05) is 5.73 Å². The van der Waals surface area contributed by atoms with Gasteiger partial charge in [0.05, 0.1) is 12.0 Å². The van der Waals surface area contributed by atoms with Gasteiger partial charge >= 0.3 is 0 Å². The SMILES string of the molecule is CC(C)(C)c1ccc(-c2[nH]cnc2N)cc1. The third-order valence-corrected chi connectivity index (χ3v) is 2.71. The van der Waals surface area contributed by atoms with Gasteiger partial charge in [0.15, 0.2) is 0 Å². The molecule has 16 heavy (non-hydrogen) atoms. The number of aromatic nitrogens is 2. The average molecular weight is 215 g/mol. The number of hydrogen-bond acceptors (Lipinski definition) is 2. The standard InChI is InChI=1S/C13H17N3/c1-13(2,3)10-6-4-9(5-7-10)11-12(14)16-8-15-11/h4-8H,14H2,1-3H3,(H,15,16). The molecule has 0 aliphatic heterocycles. The maximum absolute atomic E-state index is 5.75. The van der Waals surface area contributed by atoms with Crippen molar-refractivity contribution >= 4 is 5.82 Å². The molecule has 0 aliphatic rings. The fourth-order valence-electron chi connectivity index (χ4n) is 1.67. The van der Waals surface area contributed by atoms with Crippen LogP contribution < -0.4 is 5.73 Å². The second-order valence-electron chi connectivity index (χ2n) is 4.99. The van der Waals surface area contributed by atoms with Crippen molar-refractivity contribution in [2.24, 2.45) is 0 Å². The lowest BCUT2D eigenvalue weighted by atomic mass is 9.86. The highest BCUT2D eigenvalue weighted by Gasteiger charge is 2.13. The summed E-state index contributed by atoms with van der Waals surface area (Å²) in [5.41, 5.74) is 9.21. The zero-order valence-electron chi connectivity index (χ0n) is 9.91. The molecule has 0 aliphatic carbocycles. The Balaban J connectivity index is 2.37. The number of nitrogens with two attached hydrogens (primary N) is 1. The van der Waals surface area contributed by atoms with E-state index in [0.29, 0.717) is 5.82 Å². The Morgan fingerprint density at radius 2 is 1.75 bits per heavy atom. The normalized spacial score (nSPS) is 11.7. The van der Waals surface area contributed by atoms with Crippen molar-refractivity contribution in [3.63, 3.8) is 0 Å². The van der Waals surface area contributed by atoms with E-state index in [0.717, 1.165) is 11.3 Å². The van der Waals surface area contributed by atoms with E-state index in [4.69, 9.17) is 5.73 Å². The number of imidazole rings is 1. The van der Waals surface area contributed by atoms with Gasteiger partial charge in [-0.25, -0.2) is 4.98 Å². The Labute approximate surface area is 95.7 Å². The fourth-order valence-corrected chi connectivity index (χ4v) is 1.67. The predicted octanol–water partition coefficient (Wildman–Crippen LogP) is 2.96. The van der Waals surface area contributed by atoms with Crippen molar-refractivity contribution in [3.8, 4) is 11.3 Å². The van der Waals surface area contributed by atoms with Crippen LogP contribution in [0.3, 0.4) is 0 Å². The minimum atomic E-state index is 0.179. The molecule has 1 aromatic heterocycles. The van der Waals surface area contributed by atoms with E-state index in [1.807, 2.05) is 0 Å². The zero-order valence-corrected chi connectivity index (χ0v) is 9.91. The summed E-state index contributed by atoms with van der Waals surface area (Å²) in [6, 6.07) is 8.42. The highest BCUT2D eigenvalue weighted by atomic mass is 15.0. The number of anilines is 1. The molecule has 0 radical (unpaired) electrons. The van der Waals surface area contributed by atoms with Crippen LogP contribution in [0.5, 0.6) is 0 Å². The molecule has 0 amide bonds. The largest absolute Gasteiger partial charge is 0.382 e. The van der Waals surface area contributed by atoms with E-state index in [9.17, 15) is 0 Å². The highest BCUT2D eigenvalue weighted by molar-refractivity contribution is 5.69. The second kappa shape index (κ2) is 3.67. The maximum atomic E-state index is 5.75. The molecule has 0 unspecified atom stereocenters. The molecule has 3 N–H and O–H groups in total. The van der Waals surface area contributed by atoms with Crippen molar-refractivity contribution in [1.82, 2.24) is 9.97 Å². The monoisotopic (exact) mass is 215 g/mol. The van der Waals surface area contributed by atoms with Crippen molar-refractivity contribution in [3.05, 3.63) is 36.2 Å². The molecule has 0 spiro atoms. The van der Waals surface area contributed by atoms with Gasteiger partial charge in [-0.15, -0.1) is 0 Å². The van der Waals surface area contributed by atoms with Crippen LogP contribution in [0.4, 0.5) is 5.82 Å². The van der Waals surface area contributed by atoms with Gasteiger partial charge in [-0.1, -0.05) is 45.0 Å². The van der Waals surface area contributed by atoms with Gasteiger partial charge in [0.25, 0.3) is 0 Å². The number of nitrogens with one attached hydrogen (secondary N) is 1. The third kappa shape index (κ3) is 1.94. The molecule has 1 heterocycles. The van der Waals surface area contributed by atoms with E-state index < -0.39 is 0 Å². The Morgan fingerprint density at radius 1 is 1.12 bits per heavy atom. The summed E-state index contributed by atoms with van der Waals surface area (Å²) in [5.74, 6) is 0.545. The number of hydrogen-bond donors (Lipinski definition) is 2. The van der Waals surface area contributed by atoms with E-state index >= 15 is 0 Å². The van der Waals surface area contributed by atoms with Crippen LogP contribution in [0.25, 0.3) is 11.3 Å². The van der Waals surface area contributed by atoms with E-state index in [1.54, 1.807) is 6.33 Å². The first-order chi connectivity index (χ1) is 7.48. The lowest BCUT2D eigenvalue weighted by Gasteiger charge is -2.19. The molecule has 2 aromatic rings. The molecule has 0 saturated heterocycles. The highest BCUT2D eigenvalue weighted by Crippen LogP contribution is 2.26. The summed E-state index contributed by atoms with van der Waals surface area (Å²) in [5, 5.41) is 0. The number of nitrogen functional groups attached to an aromatic ring is 1. The minimum absolute atomic E-state index is 0.179. The molecule has 0 bridgehead atoms. The van der Waals surface area contributed by atoms with E-state index in [1.165, 1.54) is 5.56 Å². The average Bonchev–Trinajstić information content (AvgIpc) is 2.63. The van der Waals surface area contributed by atoms with Crippen LogP contribution in [-0.2, 0) is 5.41 Å². The van der Waals surface area contributed by atoms with E-state index in [2.05, 4.69) is 55.0 Å². The van der Waals surface area contributed by atoms with E-state index in [-0.39, 0.29) is 5.41 Å². The maximum Gasteiger partial charge on any atom is 0.149 e. The van der Waals surface area contributed by atoms with Crippen LogP contribution in [0.15, 0.2) is 30.6 Å². The number of benzene rings is 1. The first kappa shape index (κ1) is 10.7. The third-order valence-electron chi connectivity index (χ3n) is 2.71. The topological polar surface area (TPSA) is 54.7 Å². The zero-order chi connectivity index (χ0) is 11.8. The van der Waals surface area contributed by atoms with Gasteiger partial charge in [-0.2, -0.15) is 0 Å². The molecule has 0 atom stereocenters. The van der Waals surface area contributed by atoms with Crippen LogP contribution in [-0.4, -0.2) is 9.97 Å². The summed E-state index contributed by atoms with van der Waals surface area (Å²) in [7, 11) is 0. The van der Waals surface area contributed by atoms with Crippen LogP contribution >= 0.6 is 0 Å². The summed E-state index contributed by atoms with van der Waals surface area (Å²) in [6.45, 7) is 6.60. The van der Waals surface area contributed by atoms with Gasteiger partial charge in [0.1, 0.15) is 5.82 Å². The Kier molecular flexibility index (Phi) is 2.46. The first-order valence-electron chi connectivity index (χ1n) is 5.38. The molecule has 3 nitrogen and oxygen atoms in total. The predicted molar refractivity (Wildman–Crippen MR) is 67.1 cm³/mol. The van der Waals surface area contributed by atoms with Gasteiger partial charge in [0.2, 0.25) is 0 Å². The quantitative estimate of drug-likeness (QED) is 0.768. The molecule has 2 rings (SSSR count). The number of rotatable bonds is 1. The molecular weight excluding hydrogens is 198 g/mol. The molecular formula is C13H17N3. The molecule has 3 heteroatoms. The van der Waals surface area contributed by atoms with Crippen LogP contribution in [0, 0.1) is 0 Å². The molecule has 0 fully saturated rings. The van der Waals surface area contributed by atoms with Gasteiger partial charge in [-0.3, -0.25) is 0 Å². The van der Waals surface area contributed by atoms with Crippen molar-refractivity contribution in [1.29, 1.82) is 0 Å². The smallest absolute Gasteiger partial charge is 0.149 e. The fraction of sp³-hybridized carbons (Fsp3) is 0.308. The summed E-state index contributed by atoms with van der Waals surface area (Å²) in [6.07, 6.45) is 1.61. The van der Waals surface area contributed by atoms with Crippen molar-refractivity contribution < 1.29 is 0 Å². The molecule has 84 valence electrons. The van der Waals surface area contributed by atoms with Crippen LogP contribution in [0.2, 0.25) is 0 Å². The Bertz CT molecular complexity index is 475. The summed E-state index contributed by atoms with van der Waals surface area (Å²) < 4.78 is 0.